The topological polar surface area (TPSA) is 21.3 Å². The second-order valence-corrected chi connectivity index (χ2v) is 3.89. The molecular formula is C8H16F3NOS. The second kappa shape index (κ2) is 7.36. The van der Waals surface area contributed by atoms with Crippen molar-refractivity contribution in [3.05, 3.63) is 0 Å². The van der Waals surface area contributed by atoms with Crippen LogP contribution in [0.25, 0.3) is 0 Å². The molecular weight excluding hydrogens is 215 g/mol. The number of ether oxygens (including phenoxy) is 1. The third-order valence-corrected chi connectivity index (χ3v) is 2.25. The largest absolute Gasteiger partial charge is 0.411 e. The zero-order valence-corrected chi connectivity index (χ0v) is 9.17. The predicted molar refractivity (Wildman–Crippen MR) is 52.7 cm³/mol. The van der Waals surface area contributed by atoms with Gasteiger partial charge in [0.05, 0.1) is 6.61 Å². The van der Waals surface area contributed by atoms with E-state index in [-0.39, 0.29) is 6.61 Å². The molecule has 0 saturated heterocycles. The molecule has 0 heterocycles. The standard InChI is InChI=1S/C8H16F3NOS/c1-7(5-14-2)12-3-4-13-6-8(9,10)11/h7,12H,3-6H2,1-2H3. The Morgan fingerprint density at radius 1 is 1.43 bits per heavy atom. The molecule has 0 aromatic carbocycles. The minimum atomic E-state index is -4.22. The first-order valence-electron chi connectivity index (χ1n) is 4.32. The molecule has 0 aliphatic heterocycles. The summed E-state index contributed by atoms with van der Waals surface area (Å²) in [5, 5.41) is 3.06. The molecule has 0 rings (SSSR count). The van der Waals surface area contributed by atoms with E-state index in [1.54, 1.807) is 11.8 Å². The number of halogens is 3. The molecule has 0 aliphatic rings. The van der Waals surface area contributed by atoms with Crippen LogP contribution >= 0.6 is 11.8 Å². The summed E-state index contributed by atoms with van der Waals surface area (Å²) >= 11 is 1.69. The maximum Gasteiger partial charge on any atom is 0.411 e. The summed E-state index contributed by atoms with van der Waals surface area (Å²) in [4.78, 5) is 0. The lowest BCUT2D eigenvalue weighted by Gasteiger charge is -2.12. The molecule has 0 aromatic rings. The molecule has 0 amide bonds. The average molecular weight is 231 g/mol. The zero-order valence-electron chi connectivity index (χ0n) is 8.36. The fraction of sp³-hybridized carbons (Fsp3) is 1.00. The first-order valence-corrected chi connectivity index (χ1v) is 5.72. The van der Waals surface area contributed by atoms with Gasteiger partial charge in [0, 0.05) is 18.3 Å². The minimum absolute atomic E-state index is 0.0955. The summed E-state index contributed by atoms with van der Waals surface area (Å²) in [7, 11) is 0. The van der Waals surface area contributed by atoms with Crippen LogP contribution in [0.2, 0.25) is 0 Å². The summed E-state index contributed by atoms with van der Waals surface area (Å²) in [6.45, 7) is 1.38. The van der Waals surface area contributed by atoms with Gasteiger partial charge in [-0.25, -0.2) is 0 Å². The van der Waals surface area contributed by atoms with E-state index in [4.69, 9.17) is 0 Å². The van der Waals surface area contributed by atoms with Gasteiger partial charge >= 0.3 is 6.18 Å². The van der Waals surface area contributed by atoms with Crippen LogP contribution in [0.15, 0.2) is 0 Å². The molecule has 0 radical (unpaired) electrons. The first kappa shape index (κ1) is 14.1. The van der Waals surface area contributed by atoms with E-state index in [9.17, 15) is 13.2 Å². The molecule has 1 unspecified atom stereocenters. The highest BCUT2D eigenvalue weighted by Gasteiger charge is 2.27. The number of thioether (sulfide) groups is 1. The summed E-state index contributed by atoms with van der Waals surface area (Å²) in [5.41, 5.74) is 0. The normalized spacial score (nSPS) is 14.4. The van der Waals surface area contributed by atoms with Crippen LogP contribution in [0, 0.1) is 0 Å². The van der Waals surface area contributed by atoms with Crippen molar-refractivity contribution in [1.82, 2.24) is 5.32 Å². The van der Waals surface area contributed by atoms with E-state index in [2.05, 4.69) is 10.1 Å². The zero-order chi connectivity index (χ0) is 11.0. The van der Waals surface area contributed by atoms with Gasteiger partial charge in [-0.05, 0) is 13.2 Å². The van der Waals surface area contributed by atoms with Crippen molar-refractivity contribution in [2.45, 2.75) is 19.1 Å². The van der Waals surface area contributed by atoms with E-state index < -0.39 is 12.8 Å². The minimum Gasteiger partial charge on any atom is -0.371 e. The van der Waals surface area contributed by atoms with Gasteiger partial charge in [0.1, 0.15) is 6.61 Å². The van der Waals surface area contributed by atoms with Gasteiger partial charge in [-0.3, -0.25) is 0 Å². The predicted octanol–water partition coefficient (Wildman–Crippen LogP) is 1.91. The molecule has 0 spiro atoms. The molecule has 1 N–H and O–H groups in total. The monoisotopic (exact) mass is 231 g/mol. The van der Waals surface area contributed by atoms with Crippen LogP contribution in [-0.4, -0.2) is 44.0 Å². The SMILES string of the molecule is CSCC(C)NCCOCC(F)(F)F. The van der Waals surface area contributed by atoms with Crippen molar-refractivity contribution in [3.63, 3.8) is 0 Å². The Bertz CT molecular complexity index is 143. The third-order valence-electron chi connectivity index (χ3n) is 1.42. The van der Waals surface area contributed by atoms with Crippen LogP contribution in [0.3, 0.4) is 0 Å². The molecule has 0 aliphatic carbocycles. The molecule has 0 saturated carbocycles. The smallest absolute Gasteiger partial charge is 0.371 e. The van der Waals surface area contributed by atoms with Gasteiger partial charge in [0.25, 0.3) is 0 Å². The number of hydrogen-bond donors (Lipinski definition) is 1. The Labute approximate surface area is 86.6 Å². The van der Waals surface area contributed by atoms with E-state index in [1.165, 1.54) is 0 Å². The fourth-order valence-electron chi connectivity index (χ4n) is 0.874. The maximum atomic E-state index is 11.6. The Morgan fingerprint density at radius 3 is 2.57 bits per heavy atom. The van der Waals surface area contributed by atoms with Crippen LogP contribution in [0.4, 0.5) is 13.2 Å². The molecule has 0 bridgehead atoms. The van der Waals surface area contributed by atoms with Gasteiger partial charge in [-0.2, -0.15) is 24.9 Å². The van der Waals surface area contributed by atoms with E-state index >= 15 is 0 Å². The summed E-state index contributed by atoms with van der Waals surface area (Å²) in [6, 6.07) is 0.305. The molecule has 14 heavy (non-hydrogen) atoms. The fourth-order valence-corrected chi connectivity index (χ4v) is 1.49. The third kappa shape index (κ3) is 10.1. The Hall–Kier alpha value is 0.0600. The molecule has 86 valence electrons. The summed E-state index contributed by atoms with van der Waals surface area (Å²) in [6.07, 6.45) is -2.23. The second-order valence-electron chi connectivity index (χ2n) is 2.98. The highest BCUT2D eigenvalue weighted by atomic mass is 32.2. The molecule has 0 aromatic heterocycles. The van der Waals surface area contributed by atoms with Gasteiger partial charge in [-0.15, -0.1) is 0 Å². The van der Waals surface area contributed by atoms with Gasteiger partial charge in [0.2, 0.25) is 0 Å². The molecule has 6 heteroatoms. The van der Waals surface area contributed by atoms with Crippen LogP contribution in [-0.2, 0) is 4.74 Å². The van der Waals surface area contributed by atoms with Crippen LogP contribution < -0.4 is 5.32 Å². The highest BCUT2D eigenvalue weighted by molar-refractivity contribution is 7.98. The quantitative estimate of drug-likeness (QED) is 0.676. The molecule has 1 atom stereocenters. The van der Waals surface area contributed by atoms with E-state index in [0.29, 0.717) is 12.6 Å². The lowest BCUT2D eigenvalue weighted by Crippen LogP contribution is -2.32. The summed E-state index contributed by atoms with van der Waals surface area (Å²) < 4.78 is 39.3. The van der Waals surface area contributed by atoms with Crippen molar-refractivity contribution in [1.29, 1.82) is 0 Å². The lowest BCUT2D eigenvalue weighted by atomic mass is 10.4. The van der Waals surface area contributed by atoms with Gasteiger partial charge in [0.15, 0.2) is 0 Å². The van der Waals surface area contributed by atoms with Gasteiger partial charge < -0.3 is 10.1 Å². The van der Waals surface area contributed by atoms with Crippen molar-refractivity contribution in [2.75, 3.05) is 31.8 Å². The van der Waals surface area contributed by atoms with Crippen molar-refractivity contribution in [3.8, 4) is 0 Å². The maximum absolute atomic E-state index is 11.6. The lowest BCUT2D eigenvalue weighted by molar-refractivity contribution is -0.173. The average Bonchev–Trinajstić information content (AvgIpc) is 2.02. The number of rotatable bonds is 7. The first-order chi connectivity index (χ1) is 6.45. The van der Waals surface area contributed by atoms with Crippen molar-refractivity contribution >= 4 is 11.8 Å². The molecule has 2 nitrogen and oxygen atoms in total. The number of alkyl halides is 3. The summed E-state index contributed by atoms with van der Waals surface area (Å²) in [5.74, 6) is 0.944. The number of nitrogens with one attached hydrogen (secondary N) is 1. The van der Waals surface area contributed by atoms with Crippen molar-refractivity contribution in [2.24, 2.45) is 0 Å². The van der Waals surface area contributed by atoms with Crippen molar-refractivity contribution < 1.29 is 17.9 Å². The van der Waals surface area contributed by atoms with Crippen LogP contribution in [0.5, 0.6) is 0 Å². The Balaban J connectivity index is 3.21. The highest BCUT2D eigenvalue weighted by Crippen LogP contribution is 2.13. The molecule has 0 fully saturated rings. The van der Waals surface area contributed by atoms with Gasteiger partial charge in [-0.1, -0.05) is 0 Å². The van der Waals surface area contributed by atoms with E-state index in [1.807, 2.05) is 13.2 Å². The Morgan fingerprint density at radius 2 is 2.07 bits per heavy atom. The van der Waals surface area contributed by atoms with Crippen LogP contribution in [0.1, 0.15) is 6.92 Å². The van der Waals surface area contributed by atoms with E-state index in [0.717, 1.165) is 5.75 Å². The number of hydrogen-bond acceptors (Lipinski definition) is 3. The Kier molecular flexibility index (Phi) is 7.40.